The van der Waals surface area contributed by atoms with Crippen LogP contribution in [0.5, 0.6) is 0 Å². The minimum atomic E-state index is 0.173. The molecule has 0 saturated carbocycles. The van der Waals surface area contributed by atoms with Gasteiger partial charge in [0.05, 0.1) is 12.5 Å². The lowest BCUT2D eigenvalue weighted by Crippen LogP contribution is -2.15. The first kappa shape index (κ1) is 13.1. The predicted octanol–water partition coefficient (Wildman–Crippen LogP) is 2.12. The van der Waals surface area contributed by atoms with Gasteiger partial charge in [0.25, 0.3) is 0 Å². The van der Waals surface area contributed by atoms with E-state index in [2.05, 4.69) is 17.4 Å². The summed E-state index contributed by atoms with van der Waals surface area (Å²) in [6, 6.07) is 5.94. The summed E-state index contributed by atoms with van der Waals surface area (Å²) in [4.78, 5) is 13.9. The van der Waals surface area contributed by atoms with Crippen molar-refractivity contribution >= 4 is 22.4 Å². The molecule has 88 valence electrons. The molecule has 0 N–H and O–H groups in total. The van der Waals surface area contributed by atoms with E-state index >= 15 is 0 Å². The van der Waals surface area contributed by atoms with Crippen LogP contribution in [0.15, 0.2) is 18.2 Å². The highest BCUT2D eigenvalue weighted by atomic mass is 32.2. The number of anilines is 1. The molecule has 1 aromatic carbocycles. The van der Waals surface area contributed by atoms with Crippen molar-refractivity contribution < 1.29 is 4.79 Å². The third-order valence-corrected chi connectivity index (χ3v) is 3.26. The Balaban J connectivity index is 2.93. The van der Waals surface area contributed by atoms with Gasteiger partial charge in [0, 0.05) is 25.3 Å². The van der Waals surface area contributed by atoms with Crippen molar-refractivity contribution in [3.05, 3.63) is 29.3 Å². The zero-order valence-electron chi connectivity index (χ0n) is 10.7. The van der Waals surface area contributed by atoms with Gasteiger partial charge in [-0.05, 0) is 41.6 Å². The number of hydrogen-bond donors (Lipinski definition) is 0. The van der Waals surface area contributed by atoms with E-state index in [1.54, 1.807) is 0 Å². The van der Waals surface area contributed by atoms with Crippen LogP contribution in [0.2, 0.25) is 0 Å². The molecule has 0 amide bonds. The van der Waals surface area contributed by atoms with Crippen molar-refractivity contribution in [2.24, 2.45) is 0 Å². The van der Waals surface area contributed by atoms with Gasteiger partial charge in [-0.25, -0.2) is 0 Å². The van der Waals surface area contributed by atoms with Gasteiger partial charge in [-0.2, -0.15) is 0 Å². The molecule has 0 aromatic heterocycles. The second kappa shape index (κ2) is 5.39. The van der Waals surface area contributed by atoms with Gasteiger partial charge < -0.3 is 4.90 Å². The monoisotopic (exact) mass is 238 g/mol. The van der Waals surface area contributed by atoms with Crippen LogP contribution in [0.4, 0.5) is 5.69 Å². The number of Topliss-reactive ketones (excluding diaryl/α,β-unsaturated/α-hetero) is 1. The van der Waals surface area contributed by atoms with Crippen LogP contribution in [-0.4, -0.2) is 38.1 Å². The van der Waals surface area contributed by atoms with Gasteiger partial charge in [0.2, 0.25) is 5.78 Å². The smallest absolute Gasteiger partial charge is 0.211 e. The molecule has 0 unspecified atom stereocenters. The number of hydrogen-bond acceptors (Lipinski definition) is 2. The van der Waals surface area contributed by atoms with Crippen LogP contribution in [-0.2, 0) is 10.9 Å². The first-order valence-electron chi connectivity index (χ1n) is 5.27. The maximum absolute atomic E-state index is 11.9. The molecule has 16 heavy (non-hydrogen) atoms. The largest absolute Gasteiger partial charge is 0.377 e. The Kier molecular flexibility index (Phi) is 4.42. The Labute approximate surface area is 101 Å². The molecule has 0 saturated heterocycles. The average Bonchev–Trinajstić information content (AvgIpc) is 2.15. The van der Waals surface area contributed by atoms with E-state index in [1.165, 1.54) is 5.69 Å². The highest BCUT2D eigenvalue weighted by Gasteiger charge is 2.14. The summed E-state index contributed by atoms with van der Waals surface area (Å²) in [6.45, 7) is 2.05. The van der Waals surface area contributed by atoms with Crippen molar-refractivity contribution in [1.82, 2.24) is 0 Å². The van der Waals surface area contributed by atoms with Gasteiger partial charge in [0.15, 0.2) is 5.75 Å². The van der Waals surface area contributed by atoms with E-state index in [0.29, 0.717) is 5.75 Å². The van der Waals surface area contributed by atoms with Crippen molar-refractivity contribution in [3.8, 4) is 0 Å². The molecular formula is C13H20NOS+. The average molecular weight is 238 g/mol. The molecule has 0 aliphatic rings. The van der Waals surface area contributed by atoms with E-state index in [1.807, 2.05) is 39.2 Å². The van der Waals surface area contributed by atoms with Crippen LogP contribution in [0.25, 0.3) is 0 Å². The van der Waals surface area contributed by atoms with E-state index in [4.69, 9.17) is 0 Å². The van der Waals surface area contributed by atoms with Crippen LogP contribution in [0.3, 0.4) is 0 Å². The van der Waals surface area contributed by atoms with E-state index in [-0.39, 0.29) is 16.7 Å². The SMILES string of the molecule is Cc1cc(C(=O)C[S+](C)C)ccc1N(C)C. The summed E-state index contributed by atoms with van der Waals surface area (Å²) >= 11 is 0. The van der Waals surface area contributed by atoms with Gasteiger partial charge in [-0.1, -0.05) is 0 Å². The molecule has 3 heteroatoms. The van der Waals surface area contributed by atoms with Crippen LogP contribution < -0.4 is 4.90 Å². The first-order chi connectivity index (χ1) is 7.41. The fraction of sp³-hybridized carbons (Fsp3) is 0.462. The highest BCUT2D eigenvalue weighted by molar-refractivity contribution is 7.96. The fourth-order valence-corrected chi connectivity index (χ4v) is 2.37. The third-order valence-electron chi connectivity index (χ3n) is 2.42. The quantitative estimate of drug-likeness (QED) is 0.591. The Morgan fingerprint density at radius 2 is 1.94 bits per heavy atom. The lowest BCUT2D eigenvalue weighted by molar-refractivity contribution is 0.102. The molecule has 0 aliphatic heterocycles. The molecule has 0 fully saturated rings. The summed E-state index contributed by atoms with van der Waals surface area (Å²) in [5, 5.41) is 0. The molecule has 1 rings (SSSR count). The zero-order valence-corrected chi connectivity index (χ0v) is 11.5. The van der Waals surface area contributed by atoms with Crippen molar-refractivity contribution in [2.75, 3.05) is 37.3 Å². The minimum Gasteiger partial charge on any atom is -0.377 e. The maximum Gasteiger partial charge on any atom is 0.211 e. The molecule has 0 atom stereocenters. The van der Waals surface area contributed by atoms with Gasteiger partial charge in [0.1, 0.15) is 0 Å². The Hall–Kier alpha value is -0.960. The van der Waals surface area contributed by atoms with Crippen molar-refractivity contribution in [3.63, 3.8) is 0 Å². The highest BCUT2D eigenvalue weighted by Crippen LogP contribution is 2.19. The van der Waals surface area contributed by atoms with Gasteiger partial charge in [-0.15, -0.1) is 0 Å². The lowest BCUT2D eigenvalue weighted by Gasteiger charge is -2.15. The first-order valence-corrected chi connectivity index (χ1v) is 7.48. The summed E-state index contributed by atoms with van der Waals surface area (Å²) in [5.41, 5.74) is 3.16. The van der Waals surface area contributed by atoms with Crippen LogP contribution in [0.1, 0.15) is 15.9 Å². The summed E-state index contributed by atoms with van der Waals surface area (Å²) < 4.78 is 0. The maximum atomic E-state index is 11.9. The third kappa shape index (κ3) is 3.27. The summed E-state index contributed by atoms with van der Waals surface area (Å²) in [7, 11) is 4.20. The molecular weight excluding hydrogens is 218 g/mol. The van der Waals surface area contributed by atoms with E-state index in [0.717, 1.165) is 11.1 Å². The van der Waals surface area contributed by atoms with E-state index < -0.39 is 0 Å². The molecule has 0 radical (unpaired) electrons. The van der Waals surface area contributed by atoms with Crippen molar-refractivity contribution in [1.29, 1.82) is 0 Å². The number of aryl methyl sites for hydroxylation is 1. The number of nitrogens with zero attached hydrogens (tertiary/aromatic N) is 1. The molecule has 0 spiro atoms. The van der Waals surface area contributed by atoms with Crippen LogP contribution >= 0.6 is 0 Å². The predicted molar refractivity (Wildman–Crippen MR) is 73.9 cm³/mol. The second-order valence-electron chi connectivity index (χ2n) is 4.45. The Morgan fingerprint density at radius 3 is 2.38 bits per heavy atom. The normalized spacial score (nSPS) is 10.6. The number of carbonyl (C=O) groups excluding carboxylic acids is 1. The minimum absolute atomic E-state index is 0.173. The fourth-order valence-electron chi connectivity index (χ4n) is 1.68. The second-order valence-corrected chi connectivity index (χ2v) is 6.71. The number of carbonyl (C=O) groups is 1. The summed E-state index contributed by atoms with van der Waals surface area (Å²) in [5.74, 6) is 0.905. The lowest BCUT2D eigenvalue weighted by atomic mass is 10.1. The Bertz CT molecular complexity index is 386. The van der Waals surface area contributed by atoms with Crippen LogP contribution in [0, 0.1) is 6.92 Å². The van der Waals surface area contributed by atoms with E-state index in [9.17, 15) is 4.79 Å². The Morgan fingerprint density at radius 1 is 1.31 bits per heavy atom. The molecule has 1 aromatic rings. The molecule has 2 nitrogen and oxygen atoms in total. The van der Waals surface area contributed by atoms with Crippen molar-refractivity contribution in [2.45, 2.75) is 6.92 Å². The number of ketones is 1. The topological polar surface area (TPSA) is 20.3 Å². The molecule has 0 heterocycles. The van der Waals surface area contributed by atoms with Gasteiger partial charge >= 0.3 is 0 Å². The summed E-state index contributed by atoms with van der Waals surface area (Å²) in [6.07, 6.45) is 4.19. The molecule has 0 aliphatic carbocycles. The number of rotatable bonds is 4. The van der Waals surface area contributed by atoms with Gasteiger partial charge in [-0.3, -0.25) is 4.79 Å². The number of benzene rings is 1. The zero-order chi connectivity index (χ0) is 12.3. The standard InChI is InChI=1S/C13H20NOS/c1-10-8-11(13(15)9-16(4)5)6-7-12(10)14(2)3/h6-8H,9H2,1-5H3/q+1. The molecule has 0 bridgehead atoms.